The highest BCUT2D eigenvalue weighted by Gasteiger charge is 2.15. The van der Waals surface area contributed by atoms with Gasteiger partial charge in [-0.2, -0.15) is 0 Å². The van der Waals surface area contributed by atoms with Gasteiger partial charge in [-0.3, -0.25) is 9.59 Å². The Labute approximate surface area is 125 Å². The second-order valence-corrected chi connectivity index (χ2v) is 4.76. The predicted molar refractivity (Wildman–Crippen MR) is 84.5 cm³/mol. The minimum absolute atomic E-state index is 0.00747. The number of Topliss-reactive ketones (excluding diaryl/α,β-unsaturated/α-hetero) is 1. The minimum Gasteiger partial charge on any atom is -0.313 e. The molecule has 0 aliphatic heterocycles. The van der Waals surface area contributed by atoms with E-state index in [0.29, 0.717) is 12.1 Å². The molecule has 0 saturated carbocycles. The maximum absolute atomic E-state index is 12.3. The van der Waals surface area contributed by atoms with Gasteiger partial charge in [0.1, 0.15) is 0 Å². The fourth-order valence-electron chi connectivity index (χ4n) is 2.23. The lowest BCUT2D eigenvalue weighted by Gasteiger charge is -2.20. The van der Waals surface area contributed by atoms with Crippen molar-refractivity contribution in [3.8, 4) is 0 Å². The summed E-state index contributed by atoms with van der Waals surface area (Å²) in [5, 5.41) is 0. The van der Waals surface area contributed by atoms with Crippen molar-refractivity contribution in [2.75, 3.05) is 11.4 Å². The Hall–Kier alpha value is -2.42. The molecule has 0 saturated heterocycles. The molecule has 0 aromatic heterocycles. The van der Waals surface area contributed by atoms with Crippen molar-refractivity contribution in [3.05, 3.63) is 66.2 Å². The molecular formula is C18H19NO2. The van der Waals surface area contributed by atoms with Crippen molar-refractivity contribution >= 4 is 17.4 Å². The summed E-state index contributed by atoms with van der Waals surface area (Å²) in [5.74, 6) is -0.0129. The molecule has 0 radical (unpaired) electrons. The summed E-state index contributed by atoms with van der Waals surface area (Å²) < 4.78 is 0. The quantitative estimate of drug-likeness (QED) is 0.757. The van der Waals surface area contributed by atoms with Gasteiger partial charge in [0.05, 0.1) is 0 Å². The van der Waals surface area contributed by atoms with Crippen molar-refractivity contribution in [1.29, 1.82) is 0 Å². The average molecular weight is 281 g/mol. The van der Waals surface area contributed by atoms with Gasteiger partial charge in [-0.05, 0) is 19.1 Å². The fraction of sp³-hybridized carbons (Fsp3) is 0.222. The first-order valence-electron chi connectivity index (χ1n) is 7.16. The molecule has 3 nitrogen and oxygen atoms in total. The molecule has 2 aromatic rings. The number of ketones is 1. The van der Waals surface area contributed by atoms with E-state index in [9.17, 15) is 9.59 Å². The standard InChI is InChI=1S/C18H19NO2/c1-2-19(16-11-7-4-8-12-16)18(21)14-13-17(20)15-9-5-3-6-10-15/h3-12H,2,13-14H2,1H3. The Balaban J connectivity index is 1.96. The average Bonchev–Trinajstić information content (AvgIpc) is 2.55. The minimum atomic E-state index is -0.0204. The third-order valence-electron chi connectivity index (χ3n) is 3.35. The van der Waals surface area contributed by atoms with Crippen LogP contribution in [0.15, 0.2) is 60.7 Å². The number of para-hydroxylation sites is 1. The van der Waals surface area contributed by atoms with Gasteiger partial charge in [0, 0.05) is 30.6 Å². The van der Waals surface area contributed by atoms with Crippen molar-refractivity contribution in [1.82, 2.24) is 0 Å². The lowest BCUT2D eigenvalue weighted by atomic mass is 10.1. The van der Waals surface area contributed by atoms with E-state index in [-0.39, 0.29) is 24.5 Å². The van der Waals surface area contributed by atoms with Crippen LogP contribution in [0.1, 0.15) is 30.1 Å². The van der Waals surface area contributed by atoms with Crippen LogP contribution < -0.4 is 4.90 Å². The van der Waals surface area contributed by atoms with E-state index in [4.69, 9.17) is 0 Å². The normalized spacial score (nSPS) is 10.1. The van der Waals surface area contributed by atoms with Crippen LogP contribution in [0.2, 0.25) is 0 Å². The van der Waals surface area contributed by atoms with Crippen molar-refractivity contribution in [2.24, 2.45) is 0 Å². The molecule has 21 heavy (non-hydrogen) atoms. The molecule has 0 spiro atoms. The first-order valence-corrected chi connectivity index (χ1v) is 7.16. The van der Waals surface area contributed by atoms with Gasteiger partial charge in [0.2, 0.25) is 5.91 Å². The molecule has 1 amide bonds. The third-order valence-corrected chi connectivity index (χ3v) is 3.35. The number of benzene rings is 2. The lowest BCUT2D eigenvalue weighted by Crippen LogP contribution is -2.30. The summed E-state index contributed by atoms with van der Waals surface area (Å²) >= 11 is 0. The zero-order chi connectivity index (χ0) is 15.1. The van der Waals surface area contributed by atoms with Crippen LogP contribution in [0.5, 0.6) is 0 Å². The number of hydrogen-bond acceptors (Lipinski definition) is 2. The Morgan fingerprint density at radius 1 is 0.857 bits per heavy atom. The summed E-state index contributed by atoms with van der Waals surface area (Å²) in [5.41, 5.74) is 1.53. The summed E-state index contributed by atoms with van der Waals surface area (Å²) in [4.78, 5) is 26.0. The predicted octanol–water partition coefficient (Wildman–Crippen LogP) is 3.70. The van der Waals surface area contributed by atoms with E-state index in [1.165, 1.54) is 0 Å². The van der Waals surface area contributed by atoms with Crippen LogP contribution in [-0.4, -0.2) is 18.2 Å². The molecule has 0 aliphatic rings. The first-order chi connectivity index (χ1) is 10.2. The van der Waals surface area contributed by atoms with E-state index in [1.54, 1.807) is 17.0 Å². The lowest BCUT2D eigenvalue weighted by molar-refractivity contribution is -0.118. The zero-order valence-electron chi connectivity index (χ0n) is 12.2. The Morgan fingerprint density at radius 3 is 2.00 bits per heavy atom. The number of rotatable bonds is 6. The zero-order valence-corrected chi connectivity index (χ0v) is 12.2. The first kappa shape index (κ1) is 15.0. The van der Waals surface area contributed by atoms with Crippen LogP contribution >= 0.6 is 0 Å². The Kier molecular flexibility index (Phi) is 5.27. The molecule has 3 heteroatoms. The molecule has 0 N–H and O–H groups in total. The topological polar surface area (TPSA) is 37.4 Å². The highest BCUT2D eigenvalue weighted by atomic mass is 16.2. The number of carbonyl (C=O) groups excluding carboxylic acids is 2. The van der Waals surface area contributed by atoms with E-state index in [2.05, 4.69) is 0 Å². The van der Waals surface area contributed by atoms with Gasteiger partial charge < -0.3 is 4.90 Å². The number of hydrogen-bond donors (Lipinski definition) is 0. The molecule has 0 fully saturated rings. The second-order valence-electron chi connectivity index (χ2n) is 4.76. The van der Waals surface area contributed by atoms with Gasteiger partial charge in [0.15, 0.2) is 5.78 Å². The van der Waals surface area contributed by atoms with Crippen LogP contribution in [0.3, 0.4) is 0 Å². The van der Waals surface area contributed by atoms with Crippen molar-refractivity contribution in [2.45, 2.75) is 19.8 Å². The van der Waals surface area contributed by atoms with E-state index in [1.807, 2.05) is 55.5 Å². The number of carbonyl (C=O) groups is 2. The third kappa shape index (κ3) is 4.02. The Morgan fingerprint density at radius 2 is 1.43 bits per heavy atom. The molecule has 0 bridgehead atoms. The van der Waals surface area contributed by atoms with Crippen LogP contribution in [0.25, 0.3) is 0 Å². The molecule has 2 rings (SSSR count). The van der Waals surface area contributed by atoms with E-state index >= 15 is 0 Å². The van der Waals surface area contributed by atoms with Gasteiger partial charge in [-0.1, -0.05) is 48.5 Å². The number of nitrogens with zero attached hydrogens (tertiary/aromatic N) is 1. The van der Waals surface area contributed by atoms with E-state index in [0.717, 1.165) is 5.69 Å². The molecule has 0 aliphatic carbocycles. The van der Waals surface area contributed by atoms with Gasteiger partial charge in [-0.25, -0.2) is 0 Å². The molecule has 0 heterocycles. The molecule has 0 atom stereocenters. The van der Waals surface area contributed by atoms with Crippen molar-refractivity contribution < 1.29 is 9.59 Å². The SMILES string of the molecule is CCN(C(=O)CCC(=O)c1ccccc1)c1ccccc1. The number of anilines is 1. The molecule has 2 aromatic carbocycles. The Bertz CT molecular complexity index is 593. The fourth-order valence-corrected chi connectivity index (χ4v) is 2.23. The maximum atomic E-state index is 12.3. The summed E-state index contributed by atoms with van der Waals surface area (Å²) in [7, 11) is 0. The van der Waals surface area contributed by atoms with Gasteiger partial charge in [0.25, 0.3) is 0 Å². The largest absolute Gasteiger partial charge is 0.313 e. The highest BCUT2D eigenvalue weighted by molar-refractivity contribution is 6.00. The van der Waals surface area contributed by atoms with Crippen molar-refractivity contribution in [3.63, 3.8) is 0 Å². The second kappa shape index (κ2) is 7.39. The molecule has 108 valence electrons. The summed E-state index contributed by atoms with van der Waals surface area (Å²) in [6.45, 7) is 2.53. The summed E-state index contributed by atoms with van der Waals surface area (Å²) in [6.07, 6.45) is 0.475. The molecular weight excluding hydrogens is 262 g/mol. The monoisotopic (exact) mass is 281 g/mol. The maximum Gasteiger partial charge on any atom is 0.227 e. The van der Waals surface area contributed by atoms with Gasteiger partial charge >= 0.3 is 0 Å². The highest BCUT2D eigenvalue weighted by Crippen LogP contribution is 2.15. The van der Waals surface area contributed by atoms with Crippen LogP contribution in [-0.2, 0) is 4.79 Å². The molecule has 0 unspecified atom stereocenters. The smallest absolute Gasteiger partial charge is 0.227 e. The summed E-state index contributed by atoms with van der Waals surface area (Å²) in [6, 6.07) is 18.6. The van der Waals surface area contributed by atoms with E-state index < -0.39 is 0 Å². The van der Waals surface area contributed by atoms with Crippen LogP contribution in [0.4, 0.5) is 5.69 Å². The van der Waals surface area contributed by atoms with Crippen LogP contribution in [0, 0.1) is 0 Å². The van der Waals surface area contributed by atoms with Gasteiger partial charge in [-0.15, -0.1) is 0 Å². The number of amides is 1.